The van der Waals surface area contributed by atoms with Crippen LogP contribution in [0.2, 0.25) is 0 Å². The number of aromatic nitrogens is 1. The Labute approximate surface area is 153 Å². The van der Waals surface area contributed by atoms with Crippen molar-refractivity contribution in [1.82, 2.24) is 4.98 Å². The Bertz CT molecular complexity index is 1110. The fourth-order valence-electron chi connectivity index (χ4n) is 2.93. The Hall–Kier alpha value is -2.37. The Balaban J connectivity index is 1.85. The second-order valence-corrected chi connectivity index (χ2v) is 7.67. The van der Waals surface area contributed by atoms with E-state index in [0.717, 1.165) is 38.2 Å². The van der Waals surface area contributed by atoms with Gasteiger partial charge in [-0.1, -0.05) is 18.2 Å². The van der Waals surface area contributed by atoms with Crippen molar-refractivity contribution >= 4 is 45.7 Å². The SMILES string of the molecule is CC(C)(O)C(C)(C)O[B]c1cccc2oc3c4ccncc4ccc3c12. The van der Waals surface area contributed by atoms with Crippen molar-refractivity contribution in [2.24, 2.45) is 0 Å². The van der Waals surface area contributed by atoms with Gasteiger partial charge in [-0.15, -0.1) is 0 Å². The summed E-state index contributed by atoms with van der Waals surface area (Å²) < 4.78 is 12.1. The molecule has 0 fully saturated rings. The van der Waals surface area contributed by atoms with Crippen LogP contribution in [0.4, 0.5) is 0 Å². The highest BCUT2D eigenvalue weighted by molar-refractivity contribution is 6.53. The molecule has 4 nitrogen and oxygen atoms in total. The van der Waals surface area contributed by atoms with Gasteiger partial charge in [-0.3, -0.25) is 4.98 Å². The van der Waals surface area contributed by atoms with Gasteiger partial charge in [0.05, 0.1) is 11.2 Å². The molecule has 0 spiro atoms. The van der Waals surface area contributed by atoms with Gasteiger partial charge in [0.2, 0.25) is 0 Å². The van der Waals surface area contributed by atoms with Crippen LogP contribution in [0.3, 0.4) is 0 Å². The number of furan rings is 1. The van der Waals surface area contributed by atoms with E-state index in [0.29, 0.717) is 0 Å². The van der Waals surface area contributed by atoms with Crippen LogP contribution in [0.5, 0.6) is 0 Å². The summed E-state index contributed by atoms with van der Waals surface area (Å²) in [5, 5.41) is 14.4. The van der Waals surface area contributed by atoms with Gasteiger partial charge in [0.1, 0.15) is 11.2 Å². The van der Waals surface area contributed by atoms with Gasteiger partial charge in [0, 0.05) is 33.9 Å². The number of benzene rings is 2. The zero-order valence-corrected chi connectivity index (χ0v) is 15.4. The summed E-state index contributed by atoms with van der Waals surface area (Å²) in [5.74, 6) is 0. The lowest BCUT2D eigenvalue weighted by Crippen LogP contribution is -2.49. The molecule has 131 valence electrons. The van der Waals surface area contributed by atoms with Crippen LogP contribution >= 0.6 is 0 Å². The van der Waals surface area contributed by atoms with Crippen molar-refractivity contribution in [3.63, 3.8) is 0 Å². The minimum Gasteiger partial charge on any atom is -0.455 e. The number of fused-ring (bicyclic) bond motifs is 5. The Morgan fingerprint density at radius 3 is 2.62 bits per heavy atom. The second-order valence-electron chi connectivity index (χ2n) is 7.67. The third-order valence-electron chi connectivity index (χ3n) is 5.26. The molecule has 0 amide bonds. The van der Waals surface area contributed by atoms with Gasteiger partial charge < -0.3 is 14.2 Å². The Morgan fingerprint density at radius 1 is 1.04 bits per heavy atom. The van der Waals surface area contributed by atoms with Gasteiger partial charge in [0.15, 0.2) is 0 Å². The van der Waals surface area contributed by atoms with E-state index in [1.54, 1.807) is 27.5 Å². The first-order chi connectivity index (χ1) is 12.3. The molecule has 4 aromatic rings. The third kappa shape index (κ3) is 2.68. The lowest BCUT2D eigenvalue weighted by atomic mass is 9.80. The standard InChI is InChI=1S/C21H21BNO3/c1-20(2,24)21(3,4)26-22-16-6-5-7-17-18(16)15-9-8-13-12-23-11-10-14(13)19(15)25-17/h5-12,24H,1-4H3. The summed E-state index contributed by atoms with van der Waals surface area (Å²) in [4.78, 5) is 4.18. The molecular weight excluding hydrogens is 325 g/mol. The fourth-order valence-corrected chi connectivity index (χ4v) is 2.93. The van der Waals surface area contributed by atoms with Crippen LogP contribution in [0, 0.1) is 0 Å². The van der Waals surface area contributed by atoms with E-state index >= 15 is 0 Å². The molecule has 0 saturated carbocycles. The number of aliphatic hydroxyl groups is 1. The van der Waals surface area contributed by atoms with Crippen LogP contribution < -0.4 is 5.46 Å². The van der Waals surface area contributed by atoms with Crippen molar-refractivity contribution in [2.45, 2.75) is 38.9 Å². The molecule has 0 saturated heterocycles. The predicted molar refractivity (Wildman–Crippen MR) is 106 cm³/mol. The topological polar surface area (TPSA) is 55.5 Å². The molecule has 0 unspecified atom stereocenters. The van der Waals surface area contributed by atoms with Crippen LogP contribution in [-0.4, -0.2) is 28.8 Å². The average Bonchev–Trinajstić information content (AvgIpc) is 2.98. The highest BCUT2D eigenvalue weighted by Gasteiger charge is 2.36. The highest BCUT2D eigenvalue weighted by Crippen LogP contribution is 2.33. The van der Waals surface area contributed by atoms with E-state index in [-0.39, 0.29) is 0 Å². The largest absolute Gasteiger partial charge is 0.455 e. The summed E-state index contributed by atoms with van der Waals surface area (Å²) >= 11 is 0. The van der Waals surface area contributed by atoms with Crippen LogP contribution in [0.25, 0.3) is 32.7 Å². The van der Waals surface area contributed by atoms with E-state index in [1.165, 1.54) is 0 Å². The first kappa shape index (κ1) is 17.1. The summed E-state index contributed by atoms with van der Waals surface area (Å²) in [5.41, 5.74) is 0.878. The summed E-state index contributed by atoms with van der Waals surface area (Å²) in [7, 11) is 1.71. The molecule has 0 aliphatic heterocycles. The fraction of sp³-hybridized carbons (Fsp3) is 0.286. The molecule has 0 atom stereocenters. The van der Waals surface area contributed by atoms with Gasteiger partial charge in [-0.25, -0.2) is 0 Å². The van der Waals surface area contributed by atoms with Crippen molar-refractivity contribution in [2.75, 3.05) is 0 Å². The molecule has 4 rings (SSSR count). The maximum absolute atomic E-state index is 10.3. The third-order valence-corrected chi connectivity index (χ3v) is 5.26. The zero-order chi connectivity index (χ0) is 18.5. The van der Waals surface area contributed by atoms with Crippen LogP contribution in [-0.2, 0) is 4.65 Å². The van der Waals surface area contributed by atoms with E-state index in [2.05, 4.69) is 17.1 Å². The number of nitrogens with zero attached hydrogens (tertiary/aromatic N) is 1. The lowest BCUT2D eigenvalue weighted by Gasteiger charge is -2.37. The van der Waals surface area contributed by atoms with E-state index in [4.69, 9.17) is 9.07 Å². The van der Waals surface area contributed by atoms with E-state index < -0.39 is 11.2 Å². The molecule has 2 heterocycles. The normalized spacial score (nSPS) is 13.0. The quantitative estimate of drug-likeness (QED) is 0.569. The molecule has 2 aromatic heterocycles. The Morgan fingerprint density at radius 2 is 1.85 bits per heavy atom. The molecule has 0 aliphatic carbocycles. The summed E-state index contributed by atoms with van der Waals surface area (Å²) in [6.45, 7) is 7.24. The molecule has 0 bridgehead atoms. The first-order valence-electron chi connectivity index (χ1n) is 8.69. The molecule has 26 heavy (non-hydrogen) atoms. The summed E-state index contributed by atoms with van der Waals surface area (Å²) in [6.07, 6.45) is 3.61. The molecule has 2 aromatic carbocycles. The molecule has 5 heteroatoms. The van der Waals surface area contributed by atoms with Crippen molar-refractivity contribution in [1.29, 1.82) is 0 Å². The predicted octanol–water partition coefficient (Wildman–Crippen LogP) is 3.94. The van der Waals surface area contributed by atoms with E-state index in [1.807, 2.05) is 44.3 Å². The Kier molecular flexibility index (Phi) is 3.83. The van der Waals surface area contributed by atoms with Gasteiger partial charge in [-0.2, -0.15) is 0 Å². The van der Waals surface area contributed by atoms with Gasteiger partial charge >= 0.3 is 7.48 Å². The zero-order valence-electron chi connectivity index (χ0n) is 15.4. The maximum Gasteiger partial charge on any atom is 0.331 e. The van der Waals surface area contributed by atoms with Crippen LogP contribution in [0.1, 0.15) is 27.7 Å². The minimum absolute atomic E-state index is 0.729. The second kappa shape index (κ2) is 5.83. The highest BCUT2D eigenvalue weighted by atomic mass is 16.5. The summed E-state index contributed by atoms with van der Waals surface area (Å²) in [6, 6.07) is 12.0. The van der Waals surface area contributed by atoms with Crippen molar-refractivity contribution in [3.05, 3.63) is 48.8 Å². The molecule has 1 N–H and O–H groups in total. The smallest absolute Gasteiger partial charge is 0.331 e. The molecule has 0 aliphatic rings. The minimum atomic E-state index is -0.973. The van der Waals surface area contributed by atoms with Gasteiger partial charge in [0.25, 0.3) is 0 Å². The first-order valence-corrected chi connectivity index (χ1v) is 8.69. The van der Waals surface area contributed by atoms with Gasteiger partial charge in [-0.05, 0) is 51.4 Å². The monoisotopic (exact) mass is 346 g/mol. The van der Waals surface area contributed by atoms with E-state index in [9.17, 15) is 5.11 Å². The number of pyridine rings is 1. The molecular formula is C21H21BNO3. The average molecular weight is 346 g/mol. The molecule has 1 radical (unpaired) electrons. The number of hydrogen-bond donors (Lipinski definition) is 1. The van der Waals surface area contributed by atoms with Crippen molar-refractivity contribution < 1.29 is 14.2 Å². The number of rotatable bonds is 4. The maximum atomic E-state index is 10.3. The van der Waals surface area contributed by atoms with Crippen molar-refractivity contribution in [3.8, 4) is 0 Å². The number of hydrogen-bond acceptors (Lipinski definition) is 4. The lowest BCUT2D eigenvalue weighted by molar-refractivity contribution is -0.0893. The van der Waals surface area contributed by atoms with Crippen LogP contribution in [0.15, 0.2) is 53.2 Å².